The molecule has 35 heavy (non-hydrogen) atoms. The number of aliphatic hydroxyl groups excluding tert-OH is 1. The minimum Gasteiger partial charge on any atom is -0.396 e. The smallest absolute Gasteiger partial charge is 0.247 e. The van der Waals surface area contributed by atoms with Crippen LogP contribution in [0.15, 0.2) is 25.3 Å². The molecule has 0 aromatic heterocycles. The molecule has 1 N–H and O–H groups in total. The molecule has 7 nitrogen and oxygen atoms in total. The fourth-order valence-electron chi connectivity index (χ4n) is 6.46. The van der Waals surface area contributed by atoms with Gasteiger partial charge in [-0.15, -0.1) is 24.9 Å². The van der Waals surface area contributed by atoms with Gasteiger partial charge in [-0.2, -0.15) is 0 Å². The van der Waals surface area contributed by atoms with Gasteiger partial charge in [0.2, 0.25) is 17.7 Å². The van der Waals surface area contributed by atoms with Crippen molar-refractivity contribution >= 4 is 29.5 Å². The molecule has 3 heterocycles. The van der Waals surface area contributed by atoms with Crippen LogP contribution in [0.1, 0.15) is 52.9 Å². The maximum Gasteiger partial charge on any atom is 0.247 e. The number of amides is 3. The van der Waals surface area contributed by atoms with Gasteiger partial charge in [0.15, 0.2) is 0 Å². The third-order valence-corrected chi connectivity index (χ3v) is 10.00. The first-order chi connectivity index (χ1) is 16.8. The second-order valence-electron chi connectivity index (χ2n) is 10.2. The summed E-state index contributed by atoms with van der Waals surface area (Å²) < 4.78 is -0.619. The van der Waals surface area contributed by atoms with Crippen LogP contribution >= 0.6 is 11.8 Å². The minimum absolute atomic E-state index is 0.0144. The van der Waals surface area contributed by atoms with Gasteiger partial charge in [-0.1, -0.05) is 39.3 Å². The van der Waals surface area contributed by atoms with Crippen molar-refractivity contribution in [2.45, 2.75) is 68.9 Å². The third kappa shape index (κ3) is 4.80. The normalized spacial score (nSPS) is 30.9. The monoisotopic (exact) mass is 505 g/mol. The Morgan fingerprint density at radius 3 is 2.34 bits per heavy atom. The summed E-state index contributed by atoms with van der Waals surface area (Å²) in [7, 11) is 0. The average molecular weight is 506 g/mol. The largest absolute Gasteiger partial charge is 0.396 e. The van der Waals surface area contributed by atoms with Crippen molar-refractivity contribution in [3.05, 3.63) is 25.3 Å². The maximum atomic E-state index is 14.1. The van der Waals surface area contributed by atoms with Crippen molar-refractivity contribution in [1.29, 1.82) is 0 Å². The first-order valence-electron chi connectivity index (χ1n) is 13.2. The van der Waals surface area contributed by atoms with E-state index in [4.69, 9.17) is 0 Å². The predicted octanol–water partition coefficient (Wildman–Crippen LogP) is 2.95. The van der Waals surface area contributed by atoms with Crippen molar-refractivity contribution in [3.8, 4) is 0 Å². The van der Waals surface area contributed by atoms with E-state index < -0.39 is 22.6 Å². The molecular weight excluding hydrogens is 462 g/mol. The number of hydrogen-bond donors (Lipinski definition) is 1. The van der Waals surface area contributed by atoms with Crippen molar-refractivity contribution in [3.63, 3.8) is 0 Å². The van der Waals surface area contributed by atoms with Crippen LogP contribution in [0, 0.1) is 17.8 Å². The second kappa shape index (κ2) is 12.0. The van der Waals surface area contributed by atoms with Crippen LogP contribution in [0.3, 0.4) is 0 Å². The summed E-state index contributed by atoms with van der Waals surface area (Å²) in [5, 5.41) is 9.58. The fraction of sp³-hybridized carbons (Fsp3) is 0.741. The van der Waals surface area contributed by atoms with E-state index in [1.54, 1.807) is 28.8 Å². The summed E-state index contributed by atoms with van der Waals surface area (Å²) in [6.07, 6.45) is 7.40. The van der Waals surface area contributed by atoms with E-state index in [-0.39, 0.29) is 35.5 Å². The van der Waals surface area contributed by atoms with Crippen LogP contribution in [0.5, 0.6) is 0 Å². The summed E-state index contributed by atoms with van der Waals surface area (Å²) in [5.41, 5.74) is 0. The molecule has 1 spiro atoms. The van der Waals surface area contributed by atoms with Crippen LogP contribution in [0.2, 0.25) is 0 Å². The zero-order valence-electron chi connectivity index (χ0n) is 21.7. The lowest BCUT2D eigenvalue weighted by Gasteiger charge is -2.41. The number of nitrogens with zero attached hydrogens (tertiary/aromatic N) is 3. The summed E-state index contributed by atoms with van der Waals surface area (Å²) in [5.74, 6) is -0.923. The molecule has 0 aliphatic carbocycles. The predicted molar refractivity (Wildman–Crippen MR) is 141 cm³/mol. The SMILES string of the molecule is C=CCN(CCCC)C(=O)C1N(CCCO)C(=O)[C@@H]2[C@H](C(=O)N(CC=C)CCC)[C@@H]3CC(C)C12S3. The third-order valence-electron chi connectivity index (χ3n) is 7.92. The highest BCUT2D eigenvalue weighted by atomic mass is 32.2. The fourth-order valence-corrected chi connectivity index (χ4v) is 8.87. The number of fused-ring (bicyclic) bond motifs is 1. The average Bonchev–Trinajstić information content (AvgIpc) is 3.43. The van der Waals surface area contributed by atoms with E-state index >= 15 is 0 Å². The molecule has 3 saturated heterocycles. The van der Waals surface area contributed by atoms with Crippen molar-refractivity contribution < 1.29 is 19.5 Å². The minimum atomic E-state index is -0.620. The Morgan fingerprint density at radius 1 is 1.11 bits per heavy atom. The standard InChI is InChI=1S/C27H43N3O4S/c1-6-10-15-29(14-9-4)26(34)23-27-19(5)18-20(35-27)21(24(32)28(12-7-2)13-8-3)22(27)25(33)30(23)16-11-17-31/h7,9,19-23,31H,2,4,6,8,10-18H2,1,3,5H3/t19?,20-,21+,22-,23?,27?/m0/s1. The molecule has 3 rings (SSSR count). The number of likely N-dealkylation sites (tertiary alicyclic amines) is 1. The molecule has 0 aromatic rings. The molecule has 3 unspecified atom stereocenters. The van der Waals surface area contributed by atoms with Gasteiger partial charge in [-0.05, 0) is 31.6 Å². The van der Waals surface area contributed by atoms with Crippen LogP contribution < -0.4 is 0 Å². The lowest BCUT2D eigenvalue weighted by molar-refractivity contribution is -0.145. The molecular formula is C27H43N3O4S. The highest BCUT2D eigenvalue weighted by Gasteiger charge is 2.76. The molecule has 3 amide bonds. The molecule has 8 heteroatoms. The summed E-state index contributed by atoms with van der Waals surface area (Å²) in [6, 6.07) is -0.620. The second-order valence-corrected chi connectivity index (χ2v) is 11.7. The molecule has 3 fully saturated rings. The van der Waals surface area contributed by atoms with Crippen LogP contribution in [-0.2, 0) is 14.4 Å². The van der Waals surface area contributed by atoms with Gasteiger partial charge in [0.25, 0.3) is 0 Å². The Balaban J connectivity index is 2.04. The van der Waals surface area contributed by atoms with Gasteiger partial charge in [-0.3, -0.25) is 14.4 Å². The van der Waals surface area contributed by atoms with Crippen molar-refractivity contribution in [1.82, 2.24) is 14.7 Å². The molecule has 3 aliphatic rings. The highest BCUT2D eigenvalue weighted by molar-refractivity contribution is 8.02. The Kier molecular flexibility index (Phi) is 9.49. The van der Waals surface area contributed by atoms with E-state index in [2.05, 4.69) is 27.0 Å². The topological polar surface area (TPSA) is 81.2 Å². The van der Waals surface area contributed by atoms with E-state index in [0.717, 1.165) is 25.7 Å². The van der Waals surface area contributed by atoms with Crippen LogP contribution in [0.4, 0.5) is 0 Å². The molecule has 0 saturated carbocycles. The number of aliphatic hydroxyl groups is 1. The van der Waals surface area contributed by atoms with E-state index in [0.29, 0.717) is 39.1 Å². The van der Waals surface area contributed by atoms with Crippen LogP contribution in [0.25, 0.3) is 0 Å². The van der Waals surface area contributed by atoms with E-state index in [1.165, 1.54) is 0 Å². The molecule has 3 aliphatic heterocycles. The highest BCUT2D eigenvalue weighted by Crippen LogP contribution is 2.68. The summed E-state index contributed by atoms with van der Waals surface area (Å²) >= 11 is 1.71. The Hall–Kier alpha value is -1.80. The molecule has 6 atom stereocenters. The van der Waals surface area contributed by atoms with Crippen molar-refractivity contribution in [2.24, 2.45) is 17.8 Å². The van der Waals surface area contributed by atoms with E-state index in [9.17, 15) is 19.5 Å². The summed E-state index contributed by atoms with van der Waals surface area (Å²) in [4.78, 5) is 47.4. The maximum absolute atomic E-state index is 14.1. The molecule has 2 bridgehead atoms. The van der Waals surface area contributed by atoms with Gasteiger partial charge < -0.3 is 19.8 Å². The quantitative estimate of drug-likeness (QED) is 0.367. The number of carbonyl (C=O) groups excluding carboxylic acids is 3. The Bertz CT molecular complexity index is 820. The number of carbonyl (C=O) groups is 3. The lowest BCUT2D eigenvalue weighted by atomic mass is 9.65. The number of hydrogen-bond acceptors (Lipinski definition) is 5. The molecule has 0 radical (unpaired) electrons. The first kappa shape index (κ1) is 27.8. The van der Waals surface area contributed by atoms with Crippen molar-refractivity contribution in [2.75, 3.05) is 39.3 Å². The number of thioether (sulfide) groups is 1. The van der Waals surface area contributed by atoms with Gasteiger partial charge in [0.05, 0.1) is 16.6 Å². The van der Waals surface area contributed by atoms with E-state index in [1.807, 2.05) is 16.7 Å². The van der Waals surface area contributed by atoms with Gasteiger partial charge >= 0.3 is 0 Å². The van der Waals surface area contributed by atoms with Gasteiger partial charge in [0.1, 0.15) is 6.04 Å². The molecule has 196 valence electrons. The Morgan fingerprint density at radius 2 is 1.77 bits per heavy atom. The Labute approximate surface area is 215 Å². The lowest BCUT2D eigenvalue weighted by Crippen LogP contribution is -2.57. The molecule has 0 aromatic carbocycles. The number of rotatable bonds is 14. The summed E-state index contributed by atoms with van der Waals surface area (Å²) in [6.45, 7) is 16.4. The zero-order chi connectivity index (χ0) is 25.8. The zero-order valence-corrected chi connectivity index (χ0v) is 22.5. The van der Waals surface area contributed by atoms with Gasteiger partial charge in [-0.25, -0.2) is 0 Å². The van der Waals surface area contributed by atoms with Crippen LogP contribution in [-0.4, -0.2) is 92.9 Å². The first-order valence-corrected chi connectivity index (χ1v) is 14.1. The number of unbranched alkanes of at least 4 members (excludes halogenated alkanes) is 1. The van der Waals surface area contributed by atoms with Gasteiger partial charge in [0, 0.05) is 44.6 Å².